The van der Waals surface area contributed by atoms with E-state index in [2.05, 4.69) is 45.1 Å². The average molecular weight is 704 g/mol. The van der Waals surface area contributed by atoms with Crippen LogP contribution in [0.2, 0.25) is 0 Å². The van der Waals surface area contributed by atoms with Crippen molar-refractivity contribution in [1.29, 1.82) is 0 Å². The van der Waals surface area contributed by atoms with Gasteiger partial charge in [-0.05, 0) is 80.5 Å². The van der Waals surface area contributed by atoms with Gasteiger partial charge < -0.3 is 18.9 Å². The molecule has 4 heterocycles. The molecule has 4 atom stereocenters. The second-order valence-corrected chi connectivity index (χ2v) is 17.5. The number of ether oxygens (including phenoxy) is 2. The molecule has 2 aromatic carbocycles. The summed E-state index contributed by atoms with van der Waals surface area (Å²) in [5, 5.41) is 1.07. The van der Waals surface area contributed by atoms with Crippen LogP contribution in [0.15, 0.2) is 36.4 Å². The van der Waals surface area contributed by atoms with Crippen molar-refractivity contribution in [2.45, 2.75) is 88.9 Å². The molecule has 8 rings (SSSR count). The maximum Gasteiger partial charge on any atom is 0.303 e. The summed E-state index contributed by atoms with van der Waals surface area (Å²) < 4.78 is 42.6. The summed E-state index contributed by atoms with van der Waals surface area (Å²) in [6.07, 6.45) is 6.44. The summed E-state index contributed by atoms with van der Waals surface area (Å²) in [4.78, 5) is 33.3. The van der Waals surface area contributed by atoms with Crippen LogP contribution in [0.5, 0.6) is 5.75 Å². The molecule has 12 heteroatoms. The highest BCUT2D eigenvalue weighted by Gasteiger charge is 2.65. The Bertz CT molecular complexity index is 1950. The third-order valence-electron chi connectivity index (χ3n) is 12.2. The van der Waals surface area contributed by atoms with Crippen LogP contribution in [0.1, 0.15) is 85.7 Å². The van der Waals surface area contributed by atoms with Gasteiger partial charge in [-0.25, -0.2) is 4.72 Å². The molecular formula is C38H49N5O6S. The van der Waals surface area contributed by atoms with Crippen LogP contribution >= 0.6 is 0 Å². The zero-order valence-corrected chi connectivity index (χ0v) is 30.6. The normalized spacial score (nSPS) is 26.7. The number of aromatic nitrogens is 1. The summed E-state index contributed by atoms with van der Waals surface area (Å²) in [5.41, 5.74) is 5.13. The minimum atomic E-state index is -3.98. The van der Waals surface area contributed by atoms with Crippen molar-refractivity contribution in [3.8, 4) is 17.0 Å². The Morgan fingerprint density at radius 2 is 1.74 bits per heavy atom. The molecule has 5 aliphatic rings. The number of carbonyl (C=O) groups is 2. The maximum absolute atomic E-state index is 15.2. The summed E-state index contributed by atoms with van der Waals surface area (Å²) in [7, 11) is 0.483. The van der Waals surface area contributed by atoms with Crippen molar-refractivity contribution in [2.24, 2.45) is 5.41 Å². The molecule has 3 aromatic rings. The zero-order valence-electron chi connectivity index (χ0n) is 29.8. The van der Waals surface area contributed by atoms with Crippen LogP contribution in [-0.2, 0) is 26.3 Å². The molecule has 1 aromatic heterocycles. The molecule has 2 saturated carbocycles. The third kappa shape index (κ3) is 5.36. The van der Waals surface area contributed by atoms with Crippen LogP contribution in [0.4, 0.5) is 0 Å². The number of hydrogen-bond donors (Lipinski definition) is 1. The maximum atomic E-state index is 15.2. The smallest absolute Gasteiger partial charge is 0.303 e. The van der Waals surface area contributed by atoms with Gasteiger partial charge in [-0.3, -0.25) is 14.5 Å². The number of carbonyl (C=O) groups excluding carboxylic acids is 2. The topological polar surface area (TPSA) is 113 Å². The molecule has 2 bridgehead atoms. The first-order valence-corrected chi connectivity index (χ1v) is 19.6. The van der Waals surface area contributed by atoms with Gasteiger partial charge in [0, 0.05) is 67.7 Å². The molecule has 268 valence electrons. The van der Waals surface area contributed by atoms with Gasteiger partial charge >= 0.3 is 10.2 Å². The number of rotatable bonds is 7. The molecule has 4 fully saturated rings. The number of nitrogens with zero attached hydrogens (tertiary/aromatic N) is 4. The number of hydrogen-bond acceptors (Lipinski definition) is 7. The second-order valence-electron chi connectivity index (χ2n) is 15.6. The molecule has 4 unspecified atom stereocenters. The molecule has 1 N–H and O–H groups in total. The fraction of sp³-hybridized carbons (Fsp3) is 0.579. The summed E-state index contributed by atoms with van der Waals surface area (Å²) in [5.74, 6) is 0.652. The lowest BCUT2D eigenvalue weighted by atomic mass is 9.81. The van der Waals surface area contributed by atoms with Crippen LogP contribution in [-0.4, -0.2) is 105 Å². The Balaban J connectivity index is 1.30. The van der Waals surface area contributed by atoms with Crippen LogP contribution in [0, 0.1) is 5.41 Å². The van der Waals surface area contributed by atoms with E-state index in [1.54, 1.807) is 13.2 Å². The summed E-state index contributed by atoms with van der Waals surface area (Å²) in [6, 6.07) is 12.3. The number of methoxy groups -OCH3 is 1. The number of nitrogens with one attached hydrogen (secondary N) is 1. The fourth-order valence-corrected chi connectivity index (χ4v) is 9.93. The summed E-state index contributed by atoms with van der Waals surface area (Å²) >= 11 is 0. The van der Waals surface area contributed by atoms with Crippen molar-refractivity contribution in [3.05, 3.63) is 53.1 Å². The van der Waals surface area contributed by atoms with Crippen molar-refractivity contribution < 1.29 is 27.5 Å². The van der Waals surface area contributed by atoms with E-state index >= 15 is 4.79 Å². The van der Waals surface area contributed by atoms with Crippen LogP contribution in [0.25, 0.3) is 22.2 Å². The Morgan fingerprint density at radius 3 is 2.40 bits per heavy atom. The first kappa shape index (κ1) is 33.7. The quantitative estimate of drug-likeness (QED) is 0.380. The Morgan fingerprint density at radius 1 is 1.02 bits per heavy atom. The van der Waals surface area contributed by atoms with Gasteiger partial charge in [-0.15, -0.1) is 0 Å². The molecular weight excluding hydrogens is 655 g/mol. The lowest BCUT2D eigenvalue weighted by molar-refractivity contribution is -0.163. The number of fused-ring (bicyclic) bond motifs is 9. The molecule has 0 radical (unpaired) electrons. The highest BCUT2D eigenvalue weighted by molar-refractivity contribution is 7.87. The third-order valence-corrected chi connectivity index (χ3v) is 13.6. The predicted molar refractivity (Wildman–Crippen MR) is 192 cm³/mol. The Kier molecular flexibility index (Phi) is 8.32. The van der Waals surface area contributed by atoms with E-state index in [4.69, 9.17) is 9.47 Å². The zero-order chi connectivity index (χ0) is 35.1. The van der Waals surface area contributed by atoms with E-state index in [-0.39, 0.29) is 29.5 Å². The lowest BCUT2D eigenvalue weighted by Crippen LogP contribution is -2.68. The minimum Gasteiger partial charge on any atom is -0.497 e. The molecule has 50 heavy (non-hydrogen) atoms. The largest absolute Gasteiger partial charge is 0.497 e. The van der Waals surface area contributed by atoms with Gasteiger partial charge in [-0.1, -0.05) is 25.3 Å². The number of benzene rings is 2. The van der Waals surface area contributed by atoms with Crippen molar-refractivity contribution in [3.63, 3.8) is 0 Å². The SMILES string of the molecule is COc1ccc2c(c1)C1CC1(C(=O)N1C3COCC1CN(C(C)C)C3)Cn1c-2c(C2CCCCC2)c2ccc(C(=O)NS(=O)(=O)N(C)C)cc21. The van der Waals surface area contributed by atoms with Crippen LogP contribution < -0.4 is 9.46 Å². The van der Waals surface area contributed by atoms with Gasteiger partial charge in [0.2, 0.25) is 5.91 Å². The van der Waals surface area contributed by atoms with Gasteiger partial charge in [0.1, 0.15) is 5.75 Å². The van der Waals surface area contributed by atoms with E-state index in [9.17, 15) is 13.2 Å². The van der Waals surface area contributed by atoms with E-state index in [0.29, 0.717) is 31.7 Å². The lowest BCUT2D eigenvalue weighted by Gasteiger charge is -2.51. The number of morpholine rings is 1. The first-order valence-electron chi connectivity index (χ1n) is 18.2. The van der Waals surface area contributed by atoms with Gasteiger partial charge in [-0.2, -0.15) is 12.7 Å². The van der Waals surface area contributed by atoms with Gasteiger partial charge in [0.25, 0.3) is 5.91 Å². The number of piperazine rings is 1. The van der Waals surface area contributed by atoms with Crippen molar-refractivity contribution >= 4 is 32.9 Å². The molecule has 11 nitrogen and oxygen atoms in total. The van der Waals surface area contributed by atoms with E-state index < -0.39 is 21.5 Å². The van der Waals surface area contributed by atoms with Crippen molar-refractivity contribution in [2.75, 3.05) is 47.5 Å². The fourth-order valence-electron chi connectivity index (χ4n) is 9.40. The number of amides is 2. The molecule has 2 aliphatic carbocycles. The highest BCUT2D eigenvalue weighted by Crippen LogP contribution is 2.66. The predicted octanol–water partition coefficient (Wildman–Crippen LogP) is 4.71. The molecule has 2 amide bonds. The summed E-state index contributed by atoms with van der Waals surface area (Å²) in [6.45, 7) is 7.57. The average Bonchev–Trinajstić information content (AvgIpc) is 3.77. The standard InChI is InChI=1S/C38H49N5O6S/c1-23(2)41-18-26-20-49-21-27(19-41)43(26)37(45)38-17-32(38)31-16-28(48-5)12-14-29(31)35-34(24-9-7-6-8-10-24)30-13-11-25(15-33(30)42(35)22-38)36(44)39-50(46,47)40(3)4/h11-16,23-24,26-27,32H,6-10,17-22H2,1-5H3,(H,39,44). The van der Waals surface area contributed by atoms with Gasteiger partial charge in [0.05, 0.1) is 43.5 Å². The van der Waals surface area contributed by atoms with Gasteiger partial charge in [0.15, 0.2) is 0 Å². The minimum absolute atomic E-state index is 0.00585. The van der Waals surface area contributed by atoms with E-state index in [1.807, 2.05) is 18.2 Å². The monoisotopic (exact) mass is 703 g/mol. The van der Waals surface area contributed by atoms with Crippen molar-refractivity contribution in [1.82, 2.24) is 23.4 Å². The highest BCUT2D eigenvalue weighted by atomic mass is 32.2. The van der Waals surface area contributed by atoms with E-state index in [0.717, 1.165) is 83.0 Å². The molecule has 0 spiro atoms. The molecule has 2 saturated heterocycles. The Labute approximate surface area is 295 Å². The van der Waals surface area contributed by atoms with Crippen LogP contribution in [0.3, 0.4) is 0 Å². The van der Waals surface area contributed by atoms with E-state index in [1.165, 1.54) is 26.1 Å². The Hall–Kier alpha value is -3.45. The first-order chi connectivity index (χ1) is 23.9. The molecule has 3 aliphatic heterocycles. The second kappa shape index (κ2) is 12.4.